The number of hydrogen-bond donors (Lipinski definition) is 2. The van der Waals surface area contributed by atoms with E-state index >= 15 is 0 Å². The maximum atomic E-state index is 12.5. The molecule has 1 fully saturated rings. The number of aryl methyl sites for hydroxylation is 1. The fourth-order valence-corrected chi connectivity index (χ4v) is 3.83. The molecule has 9 heteroatoms. The molecule has 2 aromatic carbocycles. The number of thiocarbonyl (C=S) groups is 1. The number of nitro groups is 1. The molecule has 0 radical (unpaired) electrons. The summed E-state index contributed by atoms with van der Waals surface area (Å²) in [5.41, 5.74) is 2.10. The summed E-state index contributed by atoms with van der Waals surface area (Å²) in [4.78, 5) is 25.3. The first-order chi connectivity index (χ1) is 13.9. The second-order valence-corrected chi connectivity index (χ2v) is 7.67. The third-order valence-corrected chi connectivity index (χ3v) is 5.31. The van der Waals surface area contributed by atoms with Crippen molar-refractivity contribution in [1.29, 1.82) is 0 Å². The van der Waals surface area contributed by atoms with Crippen molar-refractivity contribution in [3.63, 3.8) is 0 Å². The Balaban J connectivity index is 1.74. The summed E-state index contributed by atoms with van der Waals surface area (Å²) in [6.07, 6.45) is 3.39. The minimum absolute atomic E-state index is 0.0961. The number of amides is 1. The van der Waals surface area contributed by atoms with Gasteiger partial charge in [-0.2, -0.15) is 0 Å². The molecule has 0 atom stereocenters. The maximum Gasteiger partial charge on any atom is 0.273 e. The molecular weight excluding hydrogens is 412 g/mol. The Morgan fingerprint density at radius 3 is 2.62 bits per heavy atom. The van der Waals surface area contributed by atoms with Gasteiger partial charge in [0.25, 0.3) is 11.6 Å². The number of nitro benzene ring substituents is 1. The average Bonchev–Trinajstić information content (AvgIpc) is 2.68. The number of nitrogens with one attached hydrogen (secondary N) is 2. The first-order valence-corrected chi connectivity index (χ1v) is 10.1. The molecule has 1 aliphatic rings. The van der Waals surface area contributed by atoms with Crippen molar-refractivity contribution in [3.05, 3.63) is 62.7 Å². The van der Waals surface area contributed by atoms with Gasteiger partial charge in [0, 0.05) is 30.3 Å². The van der Waals surface area contributed by atoms with Gasteiger partial charge in [0.2, 0.25) is 0 Å². The van der Waals surface area contributed by atoms with Crippen LogP contribution in [0.15, 0.2) is 36.4 Å². The van der Waals surface area contributed by atoms with E-state index in [1.54, 1.807) is 6.92 Å². The van der Waals surface area contributed by atoms with Crippen molar-refractivity contribution in [1.82, 2.24) is 5.32 Å². The van der Waals surface area contributed by atoms with Gasteiger partial charge in [-0.05, 0) is 56.6 Å². The van der Waals surface area contributed by atoms with Gasteiger partial charge < -0.3 is 10.2 Å². The van der Waals surface area contributed by atoms with Gasteiger partial charge in [-0.1, -0.05) is 23.7 Å². The highest BCUT2D eigenvalue weighted by molar-refractivity contribution is 7.80. The number of hydrogen-bond acceptors (Lipinski definition) is 5. The zero-order valence-corrected chi connectivity index (χ0v) is 17.5. The van der Waals surface area contributed by atoms with Crippen LogP contribution in [0.25, 0.3) is 0 Å². The lowest BCUT2D eigenvalue weighted by molar-refractivity contribution is -0.385. The molecule has 2 aromatic rings. The topological polar surface area (TPSA) is 87.5 Å². The molecule has 0 saturated carbocycles. The van der Waals surface area contributed by atoms with Crippen molar-refractivity contribution >= 4 is 51.9 Å². The zero-order chi connectivity index (χ0) is 21.0. The molecule has 3 rings (SSSR count). The molecule has 1 heterocycles. The number of carbonyl (C=O) groups is 1. The lowest BCUT2D eigenvalue weighted by atomic mass is 10.1. The largest absolute Gasteiger partial charge is 0.369 e. The summed E-state index contributed by atoms with van der Waals surface area (Å²) in [7, 11) is 0. The average molecular weight is 433 g/mol. The Kier molecular flexibility index (Phi) is 6.66. The van der Waals surface area contributed by atoms with E-state index in [1.165, 1.54) is 24.6 Å². The summed E-state index contributed by atoms with van der Waals surface area (Å²) in [5.74, 6) is -0.521. The van der Waals surface area contributed by atoms with Crippen LogP contribution in [0.5, 0.6) is 0 Å². The summed E-state index contributed by atoms with van der Waals surface area (Å²) >= 11 is 11.7. The van der Waals surface area contributed by atoms with Crippen molar-refractivity contribution in [3.8, 4) is 0 Å². The van der Waals surface area contributed by atoms with Crippen molar-refractivity contribution in [2.75, 3.05) is 23.3 Å². The molecule has 1 amide bonds. The normalized spacial score (nSPS) is 13.7. The van der Waals surface area contributed by atoms with Gasteiger partial charge in [0.1, 0.15) is 0 Å². The number of para-hydroxylation sites is 1. The van der Waals surface area contributed by atoms with Gasteiger partial charge in [-0.3, -0.25) is 20.2 Å². The van der Waals surface area contributed by atoms with Crippen LogP contribution in [0.4, 0.5) is 17.1 Å². The van der Waals surface area contributed by atoms with Crippen LogP contribution in [0.3, 0.4) is 0 Å². The Morgan fingerprint density at radius 2 is 1.93 bits per heavy atom. The van der Waals surface area contributed by atoms with E-state index in [-0.39, 0.29) is 16.4 Å². The first kappa shape index (κ1) is 21.0. The second kappa shape index (κ2) is 9.19. The second-order valence-electron chi connectivity index (χ2n) is 6.85. The van der Waals surface area contributed by atoms with Crippen molar-refractivity contribution in [2.45, 2.75) is 26.2 Å². The smallest absolute Gasteiger partial charge is 0.273 e. The van der Waals surface area contributed by atoms with Crippen LogP contribution < -0.4 is 15.5 Å². The highest BCUT2D eigenvalue weighted by Crippen LogP contribution is 2.35. The van der Waals surface area contributed by atoms with Gasteiger partial charge in [-0.15, -0.1) is 0 Å². The molecule has 0 bridgehead atoms. The number of anilines is 2. The Hall–Kier alpha value is -2.71. The van der Waals surface area contributed by atoms with E-state index in [9.17, 15) is 14.9 Å². The van der Waals surface area contributed by atoms with E-state index in [0.717, 1.165) is 31.6 Å². The van der Waals surface area contributed by atoms with E-state index < -0.39 is 10.8 Å². The van der Waals surface area contributed by atoms with E-state index in [4.69, 9.17) is 23.8 Å². The maximum absolute atomic E-state index is 12.5. The lowest BCUT2D eigenvalue weighted by Gasteiger charge is -2.31. The Bertz CT molecular complexity index is 961. The van der Waals surface area contributed by atoms with Crippen LogP contribution in [0, 0.1) is 17.0 Å². The van der Waals surface area contributed by atoms with Crippen LogP contribution in [0.1, 0.15) is 35.2 Å². The molecule has 29 heavy (non-hydrogen) atoms. The summed E-state index contributed by atoms with van der Waals surface area (Å²) in [6.45, 7) is 3.43. The van der Waals surface area contributed by atoms with Crippen LogP contribution in [-0.2, 0) is 0 Å². The van der Waals surface area contributed by atoms with Crippen molar-refractivity contribution in [2.24, 2.45) is 0 Å². The van der Waals surface area contributed by atoms with Crippen LogP contribution >= 0.6 is 23.8 Å². The Labute approximate surface area is 179 Å². The van der Waals surface area contributed by atoms with E-state index in [2.05, 4.69) is 15.5 Å². The monoisotopic (exact) mass is 432 g/mol. The lowest BCUT2D eigenvalue weighted by Crippen LogP contribution is -2.35. The molecule has 2 N–H and O–H groups in total. The van der Waals surface area contributed by atoms with Gasteiger partial charge >= 0.3 is 0 Å². The molecule has 0 spiro atoms. The quantitative estimate of drug-likeness (QED) is 0.414. The standard InChI is InChI=1S/C20H21ClN4O3S/c1-13-8-9-14(12-17(13)25(27)28)19(26)23-20(29)22-16-7-5-6-15(21)18(16)24-10-3-2-4-11-24/h5-9,12H,2-4,10-11H2,1H3,(H2,22,23,26,29). The number of halogens is 1. The van der Waals surface area contributed by atoms with E-state index in [1.807, 2.05) is 18.2 Å². The number of benzene rings is 2. The molecule has 0 aliphatic carbocycles. The fourth-order valence-electron chi connectivity index (χ4n) is 3.33. The number of rotatable bonds is 4. The molecule has 1 aliphatic heterocycles. The minimum Gasteiger partial charge on any atom is -0.369 e. The van der Waals surface area contributed by atoms with E-state index in [0.29, 0.717) is 16.3 Å². The molecule has 152 valence electrons. The van der Waals surface area contributed by atoms with Crippen LogP contribution in [-0.4, -0.2) is 29.0 Å². The highest BCUT2D eigenvalue weighted by Gasteiger charge is 2.19. The molecule has 7 nitrogen and oxygen atoms in total. The third-order valence-electron chi connectivity index (χ3n) is 4.80. The Morgan fingerprint density at radius 1 is 1.21 bits per heavy atom. The first-order valence-electron chi connectivity index (χ1n) is 9.27. The van der Waals surface area contributed by atoms with Gasteiger partial charge in [0.15, 0.2) is 5.11 Å². The van der Waals surface area contributed by atoms with Crippen molar-refractivity contribution < 1.29 is 9.72 Å². The predicted octanol–water partition coefficient (Wildman–Crippen LogP) is 4.67. The highest BCUT2D eigenvalue weighted by atomic mass is 35.5. The number of carbonyl (C=O) groups excluding carboxylic acids is 1. The summed E-state index contributed by atoms with van der Waals surface area (Å²) in [5, 5.41) is 17.4. The van der Waals surface area contributed by atoms with Crippen LogP contribution in [0.2, 0.25) is 5.02 Å². The molecule has 1 saturated heterocycles. The third kappa shape index (κ3) is 5.02. The number of nitrogens with zero attached hydrogens (tertiary/aromatic N) is 2. The predicted molar refractivity (Wildman–Crippen MR) is 119 cm³/mol. The molecule has 0 unspecified atom stereocenters. The summed E-state index contributed by atoms with van der Waals surface area (Å²) < 4.78 is 0. The zero-order valence-electron chi connectivity index (χ0n) is 15.9. The minimum atomic E-state index is -0.521. The SMILES string of the molecule is Cc1ccc(C(=O)NC(=S)Nc2cccc(Cl)c2N2CCCCC2)cc1[N+](=O)[O-]. The van der Waals surface area contributed by atoms with Gasteiger partial charge in [-0.25, -0.2) is 0 Å². The molecular formula is C20H21ClN4O3S. The fraction of sp³-hybridized carbons (Fsp3) is 0.300. The summed E-state index contributed by atoms with van der Waals surface area (Å²) in [6, 6.07) is 9.79. The molecule has 0 aromatic heterocycles. The van der Waals surface area contributed by atoms with Gasteiger partial charge in [0.05, 0.1) is 21.3 Å². The number of piperidine rings is 1.